The summed E-state index contributed by atoms with van der Waals surface area (Å²) in [5, 5.41) is 3.18. The molecule has 5 nitrogen and oxygen atoms in total. The van der Waals surface area contributed by atoms with Crippen LogP contribution in [0.1, 0.15) is 31.6 Å². The molecular formula is C17H17ClN2O3. The van der Waals surface area contributed by atoms with Crippen LogP contribution < -0.4 is 5.32 Å². The molecule has 23 heavy (non-hydrogen) atoms. The van der Waals surface area contributed by atoms with Crippen molar-refractivity contribution in [2.45, 2.75) is 31.8 Å². The molecule has 1 heterocycles. The second-order valence-electron chi connectivity index (χ2n) is 5.60. The Morgan fingerprint density at radius 3 is 2.52 bits per heavy atom. The Kier molecular flexibility index (Phi) is 4.39. The molecule has 1 aromatic carbocycles. The minimum absolute atomic E-state index is 0.0959. The molecule has 2 amide bonds. The molecule has 1 fully saturated rings. The fourth-order valence-corrected chi connectivity index (χ4v) is 2.64. The molecule has 0 radical (unpaired) electrons. The standard InChI is InChI=1S/C17H17ClN2O3/c1-11(15-3-2-10-23-15)20(14-8-9-14)17(22)16(21)19-13-6-4-12(18)5-7-13/h2-7,10-11,14H,8-9H2,1H3,(H,19,21)/t11-/m1/s1. The van der Waals surface area contributed by atoms with Crippen molar-refractivity contribution in [1.82, 2.24) is 4.90 Å². The van der Waals surface area contributed by atoms with Gasteiger partial charge in [0.25, 0.3) is 0 Å². The van der Waals surface area contributed by atoms with E-state index in [1.807, 2.05) is 13.0 Å². The van der Waals surface area contributed by atoms with Crippen molar-refractivity contribution in [2.75, 3.05) is 5.32 Å². The lowest BCUT2D eigenvalue weighted by atomic mass is 10.2. The van der Waals surface area contributed by atoms with Crippen LogP contribution in [0.25, 0.3) is 0 Å². The number of halogens is 1. The van der Waals surface area contributed by atoms with Gasteiger partial charge in [0.05, 0.1) is 12.3 Å². The molecule has 1 saturated carbocycles. The van der Waals surface area contributed by atoms with Crippen molar-refractivity contribution >= 4 is 29.1 Å². The largest absolute Gasteiger partial charge is 0.467 e. The zero-order valence-corrected chi connectivity index (χ0v) is 13.4. The van der Waals surface area contributed by atoms with Crippen LogP contribution in [0.3, 0.4) is 0 Å². The lowest BCUT2D eigenvalue weighted by Crippen LogP contribution is -2.42. The third-order valence-corrected chi connectivity index (χ3v) is 4.10. The summed E-state index contributed by atoms with van der Waals surface area (Å²) in [4.78, 5) is 26.5. The fourth-order valence-electron chi connectivity index (χ4n) is 2.51. The Morgan fingerprint density at radius 2 is 1.96 bits per heavy atom. The summed E-state index contributed by atoms with van der Waals surface area (Å²) in [5.74, 6) is -0.534. The zero-order chi connectivity index (χ0) is 16.4. The maximum atomic E-state index is 12.6. The minimum Gasteiger partial charge on any atom is -0.467 e. The smallest absolute Gasteiger partial charge is 0.313 e. The van der Waals surface area contributed by atoms with E-state index in [-0.39, 0.29) is 12.1 Å². The molecule has 1 aromatic heterocycles. The Morgan fingerprint density at radius 1 is 1.26 bits per heavy atom. The van der Waals surface area contributed by atoms with Gasteiger partial charge in [-0.05, 0) is 56.2 Å². The number of nitrogens with one attached hydrogen (secondary N) is 1. The fraction of sp³-hybridized carbons (Fsp3) is 0.294. The van der Waals surface area contributed by atoms with Crippen molar-refractivity contribution in [3.05, 3.63) is 53.4 Å². The Labute approximate surface area is 139 Å². The predicted molar refractivity (Wildman–Crippen MR) is 87.1 cm³/mol. The van der Waals surface area contributed by atoms with Gasteiger partial charge in [-0.3, -0.25) is 9.59 Å². The summed E-state index contributed by atoms with van der Waals surface area (Å²) in [5.41, 5.74) is 0.536. The van der Waals surface area contributed by atoms with Crippen LogP contribution in [0.5, 0.6) is 0 Å². The average Bonchev–Trinajstić information content (AvgIpc) is 3.21. The van der Waals surface area contributed by atoms with Gasteiger partial charge in [-0.25, -0.2) is 0 Å². The van der Waals surface area contributed by atoms with Crippen LogP contribution in [-0.4, -0.2) is 22.8 Å². The lowest BCUT2D eigenvalue weighted by Gasteiger charge is -2.27. The molecule has 0 spiro atoms. The van der Waals surface area contributed by atoms with Crippen molar-refractivity contribution in [2.24, 2.45) is 0 Å². The van der Waals surface area contributed by atoms with Gasteiger partial charge >= 0.3 is 11.8 Å². The highest BCUT2D eigenvalue weighted by Crippen LogP contribution is 2.34. The summed E-state index contributed by atoms with van der Waals surface area (Å²) in [6.07, 6.45) is 3.38. The molecule has 1 N–H and O–H groups in total. The van der Waals surface area contributed by atoms with Crippen LogP contribution in [-0.2, 0) is 9.59 Å². The number of amides is 2. The van der Waals surface area contributed by atoms with E-state index in [0.29, 0.717) is 16.5 Å². The van der Waals surface area contributed by atoms with E-state index in [2.05, 4.69) is 5.32 Å². The van der Waals surface area contributed by atoms with Gasteiger partial charge in [0, 0.05) is 16.8 Å². The van der Waals surface area contributed by atoms with Crippen molar-refractivity contribution in [3.63, 3.8) is 0 Å². The SMILES string of the molecule is C[C@H](c1ccco1)N(C(=O)C(=O)Nc1ccc(Cl)cc1)C1CC1. The van der Waals surface area contributed by atoms with Gasteiger partial charge in [0.1, 0.15) is 5.76 Å². The van der Waals surface area contributed by atoms with Crippen LogP contribution in [0.2, 0.25) is 5.02 Å². The first kappa shape index (κ1) is 15.6. The van der Waals surface area contributed by atoms with E-state index in [4.69, 9.17) is 16.0 Å². The average molecular weight is 333 g/mol. The van der Waals surface area contributed by atoms with Crippen LogP contribution >= 0.6 is 11.6 Å². The van der Waals surface area contributed by atoms with Crippen molar-refractivity contribution in [3.8, 4) is 0 Å². The first-order chi connectivity index (χ1) is 11.1. The Balaban J connectivity index is 1.73. The summed E-state index contributed by atoms with van der Waals surface area (Å²) in [6.45, 7) is 1.87. The molecule has 0 unspecified atom stereocenters. The number of furan rings is 1. The van der Waals surface area contributed by atoms with Gasteiger partial charge < -0.3 is 14.6 Å². The van der Waals surface area contributed by atoms with E-state index in [1.54, 1.807) is 41.5 Å². The van der Waals surface area contributed by atoms with E-state index in [0.717, 1.165) is 12.8 Å². The second kappa shape index (κ2) is 6.46. The van der Waals surface area contributed by atoms with E-state index >= 15 is 0 Å². The van der Waals surface area contributed by atoms with E-state index in [9.17, 15) is 9.59 Å². The van der Waals surface area contributed by atoms with Gasteiger partial charge in [-0.1, -0.05) is 11.6 Å². The number of hydrogen-bond donors (Lipinski definition) is 1. The number of hydrogen-bond acceptors (Lipinski definition) is 3. The number of nitrogens with zero attached hydrogens (tertiary/aromatic N) is 1. The van der Waals surface area contributed by atoms with Crippen molar-refractivity contribution in [1.29, 1.82) is 0 Å². The molecule has 1 aliphatic rings. The number of benzene rings is 1. The highest BCUT2D eigenvalue weighted by molar-refractivity contribution is 6.39. The molecule has 120 valence electrons. The lowest BCUT2D eigenvalue weighted by molar-refractivity contribution is -0.145. The van der Waals surface area contributed by atoms with Crippen LogP contribution in [0.15, 0.2) is 47.1 Å². The van der Waals surface area contributed by atoms with Crippen LogP contribution in [0, 0.1) is 0 Å². The third kappa shape index (κ3) is 3.56. The first-order valence-electron chi connectivity index (χ1n) is 7.49. The maximum Gasteiger partial charge on any atom is 0.313 e. The molecular weight excluding hydrogens is 316 g/mol. The highest BCUT2D eigenvalue weighted by atomic mass is 35.5. The molecule has 0 aliphatic heterocycles. The minimum atomic E-state index is -0.655. The number of carbonyl (C=O) groups is 2. The van der Waals surface area contributed by atoms with Crippen molar-refractivity contribution < 1.29 is 14.0 Å². The third-order valence-electron chi connectivity index (χ3n) is 3.84. The first-order valence-corrected chi connectivity index (χ1v) is 7.86. The summed E-state index contributed by atoms with van der Waals surface area (Å²) in [6, 6.07) is 10.0. The van der Waals surface area contributed by atoms with Gasteiger partial charge in [0.2, 0.25) is 0 Å². The highest BCUT2D eigenvalue weighted by Gasteiger charge is 2.39. The Bertz CT molecular complexity index is 693. The van der Waals surface area contributed by atoms with Crippen LogP contribution in [0.4, 0.5) is 5.69 Å². The molecule has 3 rings (SSSR count). The molecule has 0 bridgehead atoms. The number of carbonyl (C=O) groups excluding carboxylic acids is 2. The van der Waals surface area contributed by atoms with Gasteiger partial charge in [-0.2, -0.15) is 0 Å². The topological polar surface area (TPSA) is 62.6 Å². The summed E-state index contributed by atoms with van der Waals surface area (Å²) < 4.78 is 5.38. The Hall–Kier alpha value is -2.27. The maximum absolute atomic E-state index is 12.6. The van der Waals surface area contributed by atoms with Gasteiger partial charge in [0.15, 0.2) is 0 Å². The summed E-state index contributed by atoms with van der Waals surface area (Å²) in [7, 11) is 0. The van der Waals surface area contributed by atoms with Gasteiger partial charge in [-0.15, -0.1) is 0 Å². The number of rotatable bonds is 4. The molecule has 1 atom stereocenters. The van der Waals surface area contributed by atoms with E-state index in [1.165, 1.54) is 0 Å². The monoisotopic (exact) mass is 332 g/mol. The molecule has 0 saturated heterocycles. The zero-order valence-electron chi connectivity index (χ0n) is 12.7. The quantitative estimate of drug-likeness (QED) is 0.870. The summed E-state index contributed by atoms with van der Waals surface area (Å²) >= 11 is 5.81. The molecule has 1 aliphatic carbocycles. The van der Waals surface area contributed by atoms with E-state index < -0.39 is 11.8 Å². The second-order valence-corrected chi connectivity index (χ2v) is 6.03. The number of anilines is 1. The molecule has 2 aromatic rings. The predicted octanol–water partition coefficient (Wildman–Crippen LogP) is 3.62. The molecule has 6 heteroatoms. The normalized spacial score (nSPS) is 15.0.